The highest BCUT2D eigenvalue weighted by Crippen LogP contribution is 2.66. The molecule has 0 aliphatic carbocycles. The third-order valence-electron chi connectivity index (χ3n) is 4.22. The largest absolute Gasteiger partial charge is 0.490 e. The number of aromatic nitrogens is 2. The molecule has 2 aromatic rings. The lowest BCUT2D eigenvalue weighted by molar-refractivity contribution is -0.0594. The first-order valence-corrected chi connectivity index (χ1v) is 13.7. The van der Waals surface area contributed by atoms with Crippen LogP contribution in [0.5, 0.6) is 0 Å². The first kappa shape index (κ1) is 26.2. The molecular formula is C12H15N4O13P3S. The molecule has 6 atom stereocenters. The number of nitrogens with zero attached hydrogens (tertiary/aromatic N) is 3. The quantitative estimate of drug-likeness (QED) is 0.204. The van der Waals surface area contributed by atoms with Crippen LogP contribution in [-0.2, 0) is 37.2 Å². The van der Waals surface area contributed by atoms with Crippen LogP contribution in [0.2, 0.25) is 0 Å². The van der Waals surface area contributed by atoms with E-state index in [0.717, 1.165) is 17.7 Å². The lowest BCUT2D eigenvalue weighted by Gasteiger charge is -2.24. The number of nitrogens with two attached hydrogens (primary N) is 1. The van der Waals surface area contributed by atoms with Gasteiger partial charge in [0, 0.05) is 10.9 Å². The maximum absolute atomic E-state index is 11.9. The van der Waals surface area contributed by atoms with Crippen LogP contribution < -0.4 is 5.73 Å². The van der Waals surface area contributed by atoms with Gasteiger partial charge >= 0.3 is 23.5 Å². The van der Waals surface area contributed by atoms with Crippen molar-refractivity contribution in [3.63, 3.8) is 0 Å². The summed E-state index contributed by atoms with van der Waals surface area (Å²) in [7, 11) is -16.9. The zero-order chi connectivity index (χ0) is 24.8. The van der Waals surface area contributed by atoms with Crippen molar-refractivity contribution in [3.05, 3.63) is 17.3 Å². The smallest absolute Gasteiger partial charge is 0.387 e. The van der Waals surface area contributed by atoms with E-state index in [1.54, 1.807) is 6.07 Å². The van der Waals surface area contributed by atoms with E-state index < -0.39 is 54.0 Å². The molecule has 1 saturated heterocycles. The van der Waals surface area contributed by atoms with Gasteiger partial charge in [-0.15, -0.1) is 11.3 Å². The number of rotatable bonds is 8. The number of fused-ring (bicyclic) bond motifs is 1. The zero-order valence-electron chi connectivity index (χ0n) is 15.8. The molecule has 0 bridgehead atoms. The molecule has 3 rings (SSSR count). The zero-order valence-corrected chi connectivity index (χ0v) is 19.3. The molecule has 33 heavy (non-hydrogen) atoms. The van der Waals surface area contributed by atoms with Gasteiger partial charge in [0.2, 0.25) is 5.60 Å². The fourth-order valence-corrected chi connectivity index (χ4v) is 6.93. The molecular weight excluding hydrogens is 533 g/mol. The molecule has 0 saturated carbocycles. The van der Waals surface area contributed by atoms with Crippen molar-refractivity contribution in [2.75, 3.05) is 12.3 Å². The van der Waals surface area contributed by atoms with Crippen molar-refractivity contribution in [1.82, 2.24) is 9.97 Å². The van der Waals surface area contributed by atoms with E-state index in [9.17, 15) is 34.1 Å². The van der Waals surface area contributed by atoms with E-state index in [0.29, 0.717) is 4.70 Å². The highest BCUT2D eigenvalue weighted by molar-refractivity contribution is 7.66. The molecule has 21 heteroatoms. The van der Waals surface area contributed by atoms with Gasteiger partial charge in [-0.1, -0.05) is 0 Å². The fraction of sp³-hybridized carbons (Fsp3) is 0.417. The summed E-state index contributed by atoms with van der Waals surface area (Å²) in [4.78, 5) is 43.6. The number of phosphoric acid groups is 3. The summed E-state index contributed by atoms with van der Waals surface area (Å²) in [5.41, 5.74) is 3.70. The van der Waals surface area contributed by atoms with Gasteiger partial charge < -0.3 is 40.3 Å². The van der Waals surface area contributed by atoms with Crippen LogP contribution >= 0.6 is 34.8 Å². The first-order valence-electron chi connectivity index (χ1n) is 8.32. The fourth-order valence-electron chi connectivity index (χ4n) is 2.93. The lowest BCUT2D eigenvalue weighted by atomic mass is 9.89. The summed E-state index contributed by atoms with van der Waals surface area (Å²) >= 11 is 1.03. The average Bonchev–Trinajstić information content (AvgIpc) is 3.20. The summed E-state index contributed by atoms with van der Waals surface area (Å²) in [5, 5.41) is 32.0. The molecule has 17 nitrogen and oxygen atoms in total. The topological polar surface area (TPSA) is 285 Å². The van der Waals surface area contributed by atoms with Crippen LogP contribution in [0.15, 0.2) is 11.7 Å². The van der Waals surface area contributed by atoms with Crippen LogP contribution in [-0.4, -0.2) is 64.7 Å². The molecule has 1 fully saturated rings. The van der Waals surface area contributed by atoms with Crippen molar-refractivity contribution in [1.29, 1.82) is 5.26 Å². The van der Waals surface area contributed by atoms with Gasteiger partial charge in [0.15, 0.2) is 0 Å². The Morgan fingerprint density at radius 3 is 2.45 bits per heavy atom. The number of aliphatic hydroxyl groups is 2. The van der Waals surface area contributed by atoms with Crippen molar-refractivity contribution >= 4 is 50.8 Å². The number of anilines is 1. The molecule has 3 heterocycles. The van der Waals surface area contributed by atoms with Gasteiger partial charge in [-0.05, 0) is 0 Å². The van der Waals surface area contributed by atoms with Crippen molar-refractivity contribution in [2.45, 2.75) is 23.9 Å². The Morgan fingerprint density at radius 1 is 1.18 bits per heavy atom. The number of ether oxygens (including phenoxy) is 1. The Hall–Kier alpha value is -1.38. The van der Waals surface area contributed by atoms with E-state index in [2.05, 4.69) is 23.1 Å². The average molecular weight is 548 g/mol. The van der Waals surface area contributed by atoms with E-state index in [1.807, 2.05) is 0 Å². The van der Waals surface area contributed by atoms with Crippen molar-refractivity contribution < 1.29 is 61.4 Å². The summed E-state index contributed by atoms with van der Waals surface area (Å²) in [6, 6.07) is 1.73. The maximum Gasteiger partial charge on any atom is 0.490 e. The van der Waals surface area contributed by atoms with Gasteiger partial charge in [-0.3, -0.25) is 4.52 Å². The van der Waals surface area contributed by atoms with Crippen LogP contribution in [0.25, 0.3) is 10.2 Å². The molecule has 2 aromatic heterocycles. The number of thiophene rings is 1. The number of hydrogen-bond donors (Lipinski definition) is 7. The van der Waals surface area contributed by atoms with Crippen LogP contribution in [0.3, 0.4) is 0 Å². The Balaban J connectivity index is 1.80. The minimum atomic E-state index is -5.76. The molecule has 2 unspecified atom stereocenters. The number of hydrogen-bond acceptors (Lipinski definition) is 14. The molecule has 0 amide bonds. The van der Waals surface area contributed by atoms with E-state index >= 15 is 0 Å². The van der Waals surface area contributed by atoms with Crippen LogP contribution in [0, 0.1) is 11.3 Å². The monoisotopic (exact) mass is 548 g/mol. The molecule has 1 aliphatic heterocycles. The summed E-state index contributed by atoms with van der Waals surface area (Å²) in [6.45, 7) is -1.08. The molecule has 0 spiro atoms. The van der Waals surface area contributed by atoms with Gasteiger partial charge in [-0.2, -0.15) is 13.9 Å². The lowest BCUT2D eigenvalue weighted by Crippen LogP contribution is -2.39. The number of nitrogen functional groups attached to an aromatic ring is 1. The Labute approximate surface area is 187 Å². The summed E-state index contributed by atoms with van der Waals surface area (Å²) < 4.78 is 51.3. The van der Waals surface area contributed by atoms with E-state index in [4.69, 9.17) is 25.2 Å². The van der Waals surface area contributed by atoms with Crippen LogP contribution in [0.1, 0.15) is 5.56 Å². The highest BCUT2D eigenvalue weighted by Gasteiger charge is 2.57. The highest BCUT2D eigenvalue weighted by atomic mass is 32.1. The number of phosphoric ester groups is 1. The van der Waals surface area contributed by atoms with Gasteiger partial charge in [0.05, 0.1) is 16.8 Å². The second-order valence-electron chi connectivity index (χ2n) is 6.41. The van der Waals surface area contributed by atoms with E-state index in [-0.39, 0.29) is 16.9 Å². The van der Waals surface area contributed by atoms with Crippen molar-refractivity contribution in [3.8, 4) is 6.07 Å². The Morgan fingerprint density at radius 2 is 1.85 bits per heavy atom. The SMILES string of the molecule is N#C[C@@]1(c2csc3c(N)ncnc23)O[C@H](COP(=O)(O)OP(=O)(O)OP(=O)(O)O)[C@@H](O)[C@H]1O. The third-order valence-corrected chi connectivity index (χ3v) is 9.02. The van der Waals surface area contributed by atoms with Crippen molar-refractivity contribution in [2.24, 2.45) is 0 Å². The maximum atomic E-state index is 11.9. The third kappa shape index (κ3) is 5.49. The molecule has 182 valence electrons. The normalized spacial score (nSPS) is 29.4. The van der Waals surface area contributed by atoms with Gasteiger partial charge in [0.1, 0.15) is 36.5 Å². The minimum absolute atomic E-state index is 0.0199. The minimum Gasteiger partial charge on any atom is -0.387 e. The number of nitriles is 1. The molecule has 0 aromatic carbocycles. The molecule has 8 N–H and O–H groups in total. The first-order chi connectivity index (χ1) is 15.1. The van der Waals surface area contributed by atoms with Crippen LogP contribution in [0.4, 0.5) is 5.82 Å². The predicted molar refractivity (Wildman–Crippen MR) is 106 cm³/mol. The Bertz CT molecular complexity index is 1240. The molecule has 1 aliphatic rings. The second kappa shape index (κ2) is 9.00. The second-order valence-corrected chi connectivity index (χ2v) is 11.7. The summed E-state index contributed by atoms with van der Waals surface area (Å²) in [5.74, 6) is 0.0848. The van der Waals surface area contributed by atoms with Gasteiger partial charge in [0.25, 0.3) is 0 Å². The number of aliphatic hydroxyl groups excluding tert-OH is 2. The standard InChI is InChI=1S/C12H15N4O13P3S/c13-3-12(5-2-33-9-7(5)15-4-16-11(9)14)10(18)8(17)6(27-12)1-26-31(22,23)29-32(24,25)28-30(19,20)21/h2,4,6,8,10,17-18H,1H2,(H,22,23)(H,24,25)(H2,14,15,16)(H2,19,20,21)/t6-,8-,10-,12+/m1/s1. The van der Waals surface area contributed by atoms with Gasteiger partial charge in [-0.25, -0.2) is 23.7 Å². The predicted octanol–water partition coefficient (Wildman–Crippen LogP) is -0.544. The summed E-state index contributed by atoms with van der Waals surface area (Å²) in [6.07, 6.45) is -4.33. The molecule has 0 radical (unpaired) electrons. The van der Waals surface area contributed by atoms with E-state index in [1.165, 1.54) is 5.38 Å². The Kier molecular flexibility index (Phi) is 7.16.